The zero-order valence-corrected chi connectivity index (χ0v) is 19.9. The number of aromatic hydroxyl groups is 2. The number of methoxy groups -OCH3 is 2. The minimum absolute atomic E-state index is 0.00662. The number of phenolic OH excluding ortho intramolecular Hbond substituents is 2. The van der Waals surface area contributed by atoms with Crippen LogP contribution in [-0.2, 0) is 9.59 Å². The summed E-state index contributed by atoms with van der Waals surface area (Å²) in [5.74, 6) is -0.0832. The Hall–Kier alpha value is -4.06. The second-order valence-electron chi connectivity index (χ2n) is 7.09. The van der Waals surface area contributed by atoms with Crippen molar-refractivity contribution in [3.05, 3.63) is 84.5 Å². The molecule has 6 nitrogen and oxygen atoms in total. The van der Waals surface area contributed by atoms with Crippen molar-refractivity contribution in [3.8, 4) is 23.0 Å². The van der Waals surface area contributed by atoms with E-state index in [-0.39, 0.29) is 29.5 Å². The van der Waals surface area contributed by atoms with E-state index in [1.807, 2.05) is 6.08 Å². The van der Waals surface area contributed by atoms with E-state index in [0.717, 1.165) is 0 Å². The topological polar surface area (TPSA) is 93.1 Å². The van der Waals surface area contributed by atoms with Gasteiger partial charge in [-0.1, -0.05) is 62.4 Å². The van der Waals surface area contributed by atoms with E-state index in [9.17, 15) is 19.8 Å². The van der Waals surface area contributed by atoms with Crippen molar-refractivity contribution in [2.75, 3.05) is 14.2 Å². The van der Waals surface area contributed by atoms with Crippen LogP contribution in [0.1, 0.15) is 37.3 Å². The Kier molecular flexibility index (Phi) is 12.9. The SMILES string of the molecule is C=CC=CCCC.COc1cc(/C=C/C(=O)CC(=O)/C=C/c2ccc(O)c(OC)c2)ccc1O. The van der Waals surface area contributed by atoms with E-state index in [4.69, 9.17) is 9.47 Å². The fourth-order valence-electron chi connectivity index (χ4n) is 2.62. The Labute approximate surface area is 201 Å². The third-order valence-corrected chi connectivity index (χ3v) is 4.41. The number of rotatable bonds is 11. The number of benzene rings is 2. The molecule has 0 aliphatic rings. The zero-order valence-electron chi connectivity index (χ0n) is 19.9. The summed E-state index contributed by atoms with van der Waals surface area (Å²) < 4.78 is 10.00. The molecule has 6 heteroatoms. The smallest absolute Gasteiger partial charge is 0.163 e. The van der Waals surface area contributed by atoms with Gasteiger partial charge in [0.1, 0.15) is 0 Å². The second-order valence-corrected chi connectivity index (χ2v) is 7.09. The lowest BCUT2D eigenvalue weighted by molar-refractivity contribution is -0.121. The Bertz CT molecular complexity index is 973. The highest BCUT2D eigenvalue weighted by Crippen LogP contribution is 2.27. The third-order valence-electron chi connectivity index (χ3n) is 4.41. The molecule has 0 bridgehead atoms. The minimum Gasteiger partial charge on any atom is -0.504 e. The van der Waals surface area contributed by atoms with Gasteiger partial charge in [-0.15, -0.1) is 0 Å². The Morgan fingerprint density at radius 3 is 1.74 bits per heavy atom. The molecular weight excluding hydrogens is 432 g/mol. The summed E-state index contributed by atoms with van der Waals surface area (Å²) in [5.41, 5.74) is 1.33. The van der Waals surface area contributed by atoms with Crippen LogP contribution in [0.4, 0.5) is 0 Å². The number of carbonyl (C=O) groups excluding carboxylic acids is 2. The van der Waals surface area contributed by atoms with Crippen LogP contribution < -0.4 is 9.47 Å². The molecule has 2 N–H and O–H groups in total. The van der Waals surface area contributed by atoms with E-state index in [0.29, 0.717) is 22.6 Å². The number of allylic oxidation sites excluding steroid dienone is 5. The predicted molar refractivity (Wildman–Crippen MR) is 136 cm³/mol. The molecule has 34 heavy (non-hydrogen) atoms. The fraction of sp³-hybridized carbons (Fsp3) is 0.214. The van der Waals surface area contributed by atoms with E-state index in [2.05, 4.69) is 19.6 Å². The molecule has 0 aliphatic carbocycles. The van der Waals surface area contributed by atoms with Crippen molar-refractivity contribution in [2.45, 2.75) is 26.2 Å². The van der Waals surface area contributed by atoms with E-state index >= 15 is 0 Å². The number of ketones is 2. The minimum atomic E-state index is -0.347. The molecule has 0 atom stereocenters. The Morgan fingerprint density at radius 2 is 1.35 bits per heavy atom. The summed E-state index contributed by atoms with van der Waals surface area (Å²) >= 11 is 0. The van der Waals surface area contributed by atoms with Crippen LogP contribution in [0.15, 0.2) is 73.4 Å². The van der Waals surface area contributed by atoms with Crippen molar-refractivity contribution in [3.63, 3.8) is 0 Å². The average molecular weight is 465 g/mol. The number of hydrogen-bond acceptors (Lipinski definition) is 6. The van der Waals surface area contributed by atoms with Crippen molar-refractivity contribution in [1.82, 2.24) is 0 Å². The molecule has 0 aliphatic heterocycles. The summed E-state index contributed by atoms with van der Waals surface area (Å²) in [6.07, 6.45) is 13.7. The molecular formula is C28H32O6. The lowest BCUT2D eigenvalue weighted by Crippen LogP contribution is -2.01. The van der Waals surface area contributed by atoms with Crippen LogP contribution in [0.2, 0.25) is 0 Å². The van der Waals surface area contributed by atoms with Crippen LogP contribution in [0, 0.1) is 0 Å². The van der Waals surface area contributed by atoms with Gasteiger partial charge in [0.15, 0.2) is 34.6 Å². The number of unbranched alkanes of at least 4 members (excludes halogenated alkanes) is 1. The molecule has 2 aromatic rings. The van der Waals surface area contributed by atoms with Crippen molar-refractivity contribution < 1.29 is 29.3 Å². The molecule has 0 radical (unpaired) electrons. The predicted octanol–water partition coefficient (Wildman–Crippen LogP) is 5.90. The van der Waals surface area contributed by atoms with Gasteiger partial charge in [0.05, 0.1) is 20.6 Å². The normalized spacial score (nSPS) is 10.8. The molecule has 0 spiro atoms. The average Bonchev–Trinajstić information content (AvgIpc) is 2.83. The van der Waals surface area contributed by atoms with Crippen LogP contribution >= 0.6 is 0 Å². The number of carbonyl (C=O) groups is 2. The molecule has 2 aromatic carbocycles. The first-order chi connectivity index (χ1) is 16.3. The maximum atomic E-state index is 11.9. The van der Waals surface area contributed by atoms with Crippen LogP contribution in [-0.4, -0.2) is 36.0 Å². The maximum Gasteiger partial charge on any atom is 0.163 e. The first-order valence-electron chi connectivity index (χ1n) is 10.8. The summed E-state index contributed by atoms with van der Waals surface area (Å²) in [4.78, 5) is 23.9. The van der Waals surface area contributed by atoms with Gasteiger partial charge >= 0.3 is 0 Å². The molecule has 0 saturated carbocycles. The first kappa shape index (κ1) is 28.0. The van der Waals surface area contributed by atoms with Gasteiger partial charge in [-0.25, -0.2) is 0 Å². The highest BCUT2D eigenvalue weighted by molar-refractivity contribution is 6.10. The molecule has 0 aromatic heterocycles. The summed E-state index contributed by atoms with van der Waals surface area (Å²) in [7, 11) is 2.87. The zero-order chi connectivity index (χ0) is 25.3. The van der Waals surface area contributed by atoms with Gasteiger partial charge in [-0.3, -0.25) is 9.59 Å². The molecule has 180 valence electrons. The fourth-order valence-corrected chi connectivity index (χ4v) is 2.62. The second kappa shape index (κ2) is 15.7. The van der Waals surface area contributed by atoms with Crippen molar-refractivity contribution in [1.29, 1.82) is 0 Å². The van der Waals surface area contributed by atoms with Gasteiger partial charge in [-0.2, -0.15) is 0 Å². The lowest BCUT2D eigenvalue weighted by Gasteiger charge is -2.03. The molecule has 0 heterocycles. The van der Waals surface area contributed by atoms with Gasteiger partial charge in [0, 0.05) is 0 Å². The monoisotopic (exact) mass is 464 g/mol. The Morgan fingerprint density at radius 1 is 0.882 bits per heavy atom. The number of ether oxygens (including phenoxy) is 2. The van der Waals surface area contributed by atoms with E-state index < -0.39 is 0 Å². The van der Waals surface area contributed by atoms with Crippen LogP contribution in [0.3, 0.4) is 0 Å². The summed E-state index contributed by atoms with van der Waals surface area (Å²) in [6, 6.07) is 9.34. The van der Waals surface area contributed by atoms with E-state index in [1.165, 1.54) is 51.3 Å². The largest absolute Gasteiger partial charge is 0.504 e. The molecule has 0 saturated heterocycles. The quantitative estimate of drug-likeness (QED) is 0.244. The summed E-state index contributed by atoms with van der Waals surface area (Å²) in [5, 5.41) is 19.1. The summed E-state index contributed by atoms with van der Waals surface area (Å²) in [6.45, 7) is 5.71. The van der Waals surface area contributed by atoms with Crippen LogP contribution in [0.25, 0.3) is 12.2 Å². The van der Waals surface area contributed by atoms with Gasteiger partial charge in [-0.05, 0) is 54.0 Å². The van der Waals surface area contributed by atoms with Gasteiger partial charge in [0.2, 0.25) is 0 Å². The molecule has 0 unspecified atom stereocenters. The number of phenols is 2. The van der Waals surface area contributed by atoms with E-state index in [1.54, 1.807) is 42.5 Å². The number of hydrogen-bond donors (Lipinski definition) is 2. The molecule has 2 rings (SSSR count). The third kappa shape index (κ3) is 10.5. The van der Waals surface area contributed by atoms with Crippen molar-refractivity contribution >= 4 is 23.7 Å². The first-order valence-corrected chi connectivity index (χ1v) is 10.8. The molecule has 0 fully saturated rings. The Balaban J connectivity index is 0.000000718. The standard InChI is InChI=1S/C21H20O6.C7H12/c1-26-20-11-14(5-9-18(20)24)3-7-16(22)13-17(23)8-4-15-6-10-19(25)21(12-15)27-2;1-3-5-7-6-4-2/h3-12,24-25H,13H2,1-2H3;3,5,7H,1,4,6H2,2H3/b7-3+,8-4+;. The highest BCUT2D eigenvalue weighted by Gasteiger charge is 2.06. The lowest BCUT2D eigenvalue weighted by atomic mass is 10.1. The van der Waals surface area contributed by atoms with Crippen molar-refractivity contribution in [2.24, 2.45) is 0 Å². The van der Waals surface area contributed by atoms with Gasteiger partial charge < -0.3 is 19.7 Å². The van der Waals surface area contributed by atoms with Gasteiger partial charge in [0.25, 0.3) is 0 Å². The highest BCUT2D eigenvalue weighted by atomic mass is 16.5. The van der Waals surface area contributed by atoms with Crippen LogP contribution in [0.5, 0.6) is 23.0 Å². The maximum absolute atomic E-state index is 11.9. The molecule has 0 amide bonds.